The molecule has 0 aromatic rings. The fraction of sp³-hybridized carbons (Fsp3) is 0.846. The van der Waals surface area contributed by atoms with E-state index in [2.05, 4.69) is 10.3 Å². The Kier molecular flexibility index (Phi) is 5.45. The first-order valence-corrected chi connectivity index (χ1v) is 6.99. The van der Waals surface area contributed by atoms with Crippen LogP contribution in [0.25, 0.3) is 0 Å². The van der Waals surface area contributed by atoms with E-state index < -0.39 is 0 Å². The van der Waals surface area contributed by atoms with Crippen LogP contribution < -0.4 is 5.32 Å². The third-order valence-electron chi connectivity index (χ3n) is 3.41. The predicted molar refractivity (Wildman–Crippen MR) is 70.8 cm³/mol. The Balaban J connectivity index is 1.64. The molecule has 0 aromatic heterocycles. The smallest absolute Gasteiger partial charge is 0.224 e. The van der Waals surface area contributed by atoms with Crippen molar-refractivity contribution in [1.82, 2.24) is 10.2 Å². The molecule has 0 spiro atoms. The van der Waals surface area contributed by atoms with Gasteiger partial charge >= 0.3 is 0 Å². The van der Waals surface area contributed by atoms with E-state index in [0.717, 1.165) is 31.9 Å². The lowest BCUT2D eigenvalue weighted by atomic mass is 10.2. The zero-order valence-electron chi connectivity index (χ0n) is 11.0. The average molecular weight is 253 g/mol. The monoisotopic (exact) mass is 253 g/mol. The number of aliphatic imine (C=N–C) groups is 1. The van der Waals surface area contributed by atoms with E-state index in [4.69, 9.17) is 4.74 Å². The molecular weight excluding hydrogens is 230 g/mol. The maximum Gasteiger partial charge on any atom is 0.224 e. The van der Waals surface area contributed by atoms with Gasteiger partial charge in [0.2, 0.25) is 5.91 Å². The molecule has 0 aliphatic carbocycles. The Morgan fingerprint density at radius 1 is 1.28 bits per heavy atom. The van der Waals surface area contributed by atoms with Gasteiger partial charge in [0.05, 0.1) is 19.0 Å². The number of hydrogen-bond acceptors (Lipinski definition) is 4. The van der Waals surface area contributed by atoms with Gasteiger partial charge in [-0.1, -0.05) is 6.42 Å². The van der Waals surface area contributed by atoms with E-state index in [1.165, 1.54) is 19.3 Å². The van der Waals surface area contributed by atoms with Crippen molar-refractivity contribution in [2.75, 3.05) is 39.4 Å². The molecule has 0 unspecified atom stereocenters. The maximum atomic E-state index is 11.9. The van der Waals surface area contributed by atoms with Crippen molar-refractivity contribution in [2.45, 2.75) is 32.1 Å². The molecule has 1 N–H and O–H groups in total. The van der Waals surface area contributed by atoms with E-state index in [-0.39, 0.29) is 5.91 Å². The van der Waals surface area contributed by atoms with Crippen molar-refractivity contribution in [3.05, 3.63) is 0 Å². The van der Waals surface area contributed by atoms with Gasteiger partial charge in [0.25, 0.3) is 0 Å². The summed E-state index contributed by atoms with van der Waals surface area (Å²) < 4.78 is 5.23. The van der Waals surface area contributed by atoms with Gasteiger partial charge in [-0.25, -0.2) is 0 Å². The molecule has 18 heavy (non-hydrogen) atoms. The minimum absolute atomic E-state index is 0.222. The number of hydrogen-bond donors (Lipinski definition) is 1. The first-order chi connectivity index (χ1) is 8.86. The van der Waals surface area contributed by atoms with E-state index in [1.54, 1.807) is 0 Å². The number of morpholine rings is 1. The first-order valence-electron chi connectivity index (χ1n) is 6.99. The van der Waals surface area contributed by atoms with Gasteiger partial charge in [0.1, 0.15) is 0 Å². The molecule has 2 aliphatic rings. The molecule has 2 heterocycles. The highest BCUT2D eigenvalue weighted by Gasteiger charge is 2.16. The van der Waals surface area contributed by atoms with Crippen LogP contribution >= 0.6 is 0 Å². The zero-order valence-corrected chi connectivity index (χ0v) is 11.0. The molecule has 0 bridgehead atoms. The van der Waals surface area contributed by atoms with Crippen molar-refractivity contribution in [3.63, 3.8) is 0 Å². The Hall–Kier alpha value is -1.10. The van der Waals surface area contributed by atoms with Crippen LogP contribution in [0.5, 0.6) is 0 Å². The topological polar surface area (TPSA) is 53.9 Å². The summed E-state index contributed by atoms with van der Waals surface area (Å²) in [5, 5.41) is 3.30. The summed E-state index contributed by atoms with van der Waals surface area (Å²) in [5.41, 5.74) is 0. The number of rotatable bonds is 3. The summed E-state index contributed by atoms with van der Waals surface area (Å²) in [6.45, 7) is 4.45. The summed E-state index contributed by atoms with van der Waals surface area (Å²) in [6, 6.07) is 0. The standard InChI is InChI=1S/C13H23N3O2/c17-13(16-8-10-18-11-9-16)5-7-15-12-4-2-1-3-6-14-12/h1-11H2,(H,14,15). The molecule has 0 aromatic carbocycles. The van der Waals surface area contributed by atoms with E-state index in [0.29, 0.717) is 26.2 Å². The molecule has 2 aliphatic heterocycles. The highest BCUT2D eigenvalue weighted by atomic mass is 16.5. The summed E-state index contributed by atoms with van der Waals surface area (Å²) in [6.07, 6.45) is 5.26. The van der Waals surface area contributed by atoms with E-state index in [1.807, 2.05) is 4.90 Å². The molecule has 102 valence electrons. The summed E-state index contributed by atoms with van der Waals surface area (Å²) in [5.74, 6) is 1.31. The van der Waals surface area contributed by atoms with Crippen molar-refractivity contribution in [1.29, 1.82) is 0 Å². The lowest BCUT2D eigenvalue weighted by Crippen LogP contribution is -2.42. The van der Waals surface area contributed by atoms with Gasteiger partial charge in [-0.3, -0.25) is 9.79 Å². The fourth-order valence-corrected chi connectivity index (χ4v) is 2.30. The largest absolute Gasteiger partial charge is 0.378 e. The Labute approximate surface area is 109 Å². The number of nitrogens with zero attached hydrogens (tertiary/aromatic N) is 2. The molecule has 1 amide bonds. The number of amidine groups is 1. The second-order valence-corrected chi connectivity index (χ2v) is 4.81. The van der Waals surface area contributed by atoms with Gasteiger partial charge in [-0.2, -0.15) is 0 Å². The van der Waals surface area contributed by atoms with Crippen LogP contribution in [-0.4, -0.2) is 56.0 Å². The molecule has 5 nitrogen and oxygen atoms in total. The van der Waals surface area contributed by atoms with Crippen molar-refractivity contribution >= 4 is 11.7 Å². The lowest BCUT2D eigenvalue weighted by Gasteiger charge is -2.27. The quantitative estimate of drug-likeness (QED) is 0.809. The molecule has 0 atom stereocenters. The SMILES string of the molecule is O=C(CCNC1=NCCCCC1)N1CCOCC1. The van der Waals surface area contributed by atoms with Crippen LogP contribution in [0, 0.1) is 0 Å². The van der Waals surface area contributed by atoms with Crippen molar-refractivity contribution in [2.24, 2.45) is 4.99 Å². The molecule has 5 heteroatoms. The second-order valence-electron chi connectivity index (χ2n) is 4.81. The lowest BCUT2D eigenvalue weighted by molar-refractivity contribution is -0.135. The fourth-order valence-electron chi connectivity index (χ4n) is 2.30. The highest BCUT2D eigenvalue weighted by molar-refractivity contribution is 5.83. The molecule has 1 fully saturated rings. The van der Waals surface area contributed by atoms with Gasteiger partial charge in [0.15, 0.2) is 0 Å². The zero-order chi connectivity index (χ0) is 12.6. The average Bonchev–Trinajstić information content (AvgIpc) is 2.68. The van der Waals surface area contributed by atoms with Crippen LogP contribution in [0.3, 0.4) is 0 Å². The van der Waals surface area contributed by atoms with Gasteiger partial charge in [-0.05, 0) is 12.8 Å². The number of carbonyl (C=O) groups excluding carboxylic acids is 1. The van der Waals surface area contributed by atoms with E-state index >= 15 is 0 Å². The van der Waals surface area contributed by atoms with Gasteiger partial charge in [-0.15, -0.1) is 0 Å². The molecule has 1 saturated heterocycles. The number of amides is 1. The first kappa shape index (κ1) is 13.3. The highest BCUT2D eigenvalue weighted by Crippen LogP contribution is 2.06. The maximum absolute atomic E-state index is 11.9. The number of nitrogens with one attached hydrogen (secondary N) is 1. The number of ether oxygens (including phenoxy) is 1. The van der Waals surface area contributed by atoms with Crippen LogP contribution in [0.4, 0.5) is 0 Å². The van der Waals surface area contributed by atoms with Crippen LogP contribution in [-0.2, 0) is 9.53 Å². The van der Waals surface area contributed by atoms with Crippen LogP contribution in [0.2, 0.25) is 0 Å². The van der Waals surface area contributed by atoms with Crippen molar-refractivity contribution in [3.8, 4) is 0 Å². The Morgan fingerprint density at radius 3 is 2.94 bits per heavy atom. The third kappa shape index (κ3) is 4.29. The summed E-state index contributed by atoms with van der Waals surface area (Å²) >= 11 is 0. The Bertz CT molecular complexity index is 299. The Morgan fingerprint density at radius 2 is 2.11 bits per heavy atom. The van der Waals surface area contributed by atoms with Crippen LogP contribution in [0.1, 0.15) is 32.1 Å². The normalized spacial score (nSPS) is 21.1. The van der Waals surface area contributed by atoms with Crippen molar-refractivity contribution < 1.29 is 9.53 Å². The third-order valence-corrected chi connectivity index (χ3v) is 3.41. The predicted octanol–water partition coefficient (Wildman–Crippen LogP) is 0.797. The minimum atomic E-state index is 0.222. The van der Waals surface area contributed by atoms with Crippen LogP contribution in [0.15, 0.2) is 4.99 Å². The van der Waals surface area contributed by atoms with Gasteiger partial charge in [0, 0.05) is 39.0 Å². The molecular formula is C13H23N3O2. The minimum Gasteiger partial charge on any atom is -0.378 e. The van der Waals surface area contributed by atoms with E-state index in [9.17, 15) is 4.79 Å². The molecule has 0 radical (unpaired) electrons. The second kappa shape index (κ2) is 7.36. The van der Waals surface area contributed by atoms with Gasteiger partial charge < -0.3 is 15.0 Å². The number of carbonyl (C=O) groups is 1. The molecule has 2 rings (SSSR count). The summed E-state index contributed by atoms with van der Waals surface area (Å²) in [7, 11) is 0. The molecule has 0 saturated carbocycles. The summed E-state index contributed by atoms with van der Waals surface area (Å²) in [4.78, 5) is 18.3.